The van der Waals surface area contributed by atoms with Crippen molar-refractivity contribution in [3.05, 3.63) is 24.0 Å². The number of hydrogen-bond acceptors (Lipinski definition) is 1. The Morgan fingerprint density at radius 2 is 1.50 bits per heavy atom. The van der Waals surface area contributed by atoms with Gasteiger partial charge in [0.2, 0.25) is 0 Å². The van der Waals surface area contributed by atoms with Gasteiger partial charge in [-0.3, -0.25) is 4.57 Å². The zero-order valence-electron chi connectivity index (χ0n) is 6.34. The van der Waals surface area contributed by atoms with Crippen molar-refractivity contribution in [2.45, 2.75) is 0 Å². The lowest BCUT2D eigenvalue weighted by molar-refractivity contribution is 0.387. The molecule has 1 aromatic carbocycles. The molecule has 1 aromatic rings. The van der Waals surface area contributed by atoms with Crippen LogP contribution in [-0.4, -0.2) is 9.79 Å². The van der Waals surface area contributed by atoms with Gasteiger partial charge in [-0.1, -0.05) is 0 Å². The minimum Gasteiger partial charge on any atom is -0.321 e. The fourth-order valence-electron chi connectivity index (χ4n) is 0.772. The van der Waals surface area contributed by atoms with Crippen LogP contribution < -0.4 is 5.30 Å². The molecule has 0 saturated carbocycles. The Morgan fingerprint density at radius 1 is 1.00 bits per heavy atom. The van der Waals surface area contributed by atoms with Crippen molar-refractivity contribution in [1.29, 1.82) is 0 Å². The number of benzene rings is 1. The summed E-state index contributed by atoms with van der Waals surface area (Å²) >= 11 is 12.8. The van der Waals surface area contributed by atoms with Crippen LogP contribution in [0.1, 0.15) is 0 Å². The smallest absolute Gasteiger partial charge is 0.321 e. The molecular weight excluding hydrogens is 471 g/mol. The van der Waals surface area contributed by atoms with E-state index in [2.05, 4.69) is 63.7 Å². The summed E-state index contributed by atoms with van der Waals surface area (Å²) in [6.07, 6.45) is 0. The first-order valence-electron chi connectivity index (χ1n) is 3.14. The summed E-state index contributed by atoms with van der Waals surface area (Å²) in [4.78, 5) is 18.1. The SMILES string of the molecule is O=P(O)(O)c1cc(Br)c(Br)c(Br)c1Br. The number of halogens is 4. The number of rotatable bonds is 1. The normalized spacial score (nSPS) is 11.9. The van der Waals surface area contributed by atoms with E-state index in [1.165, 1.54) is 6.07 Å². The first-order valence-corrected chi connectivity index (χ1v) is 7.92. The van der Waals surface area contributed by atoms with E-state index in [4.69, 9.17) is 9.79 Å². The van der Waals surface area contributed by atoms with Gasteiger partial charge in [0.05, 0.1) is 5.30 Å². The van der Waals surface area contributed by atoms with Gasteiger partial charge in [0.25, 0.3) is 0 Å². The topological polar surface area (TPSA) is 57.5 Å². The first kappa shape index (κ1) is 13.4. The molecule has 2 N–H and O–H groups in total. The molecule has 0 amide bonds. The van der Waals surface area contributed by atoms with Crippen LogP contribution in [0.15, 0.2) is 24.0 Å². The zero-order valence-corrected chi connectivity index (χ0v) is 13.6. The Balaban J connectivity index is 3.57. The third-order valence-corrected chi connectivity index (χ3v) is 7.35. The Kier molecular flexibility index (Phi) is 4.44. The van der Waals surface area contributed by atoms with Crippen molar-refractivity contribution >= 4 is 76.6 Å². The van der Waals surface area contributed by atoms with Crippen LogP contribution in [0, 0.1) is 0 Å². The van der Waals surface area contributed by atoms with Crippen molar-refractivity contribution in [3.8, 4) is 0 Å². The van der Waals surface area contributed by atoms with Crippen LogP contribution in [0.5, 0.6) is 0 Å². The quantitative estimate of drug-likeness (QED) is 0.373. The van der Waals surface area contributed by atoms with E-state index in [0.717, 1.165) is 0 Å². The van der Waals surface area contributed by atoms with Crippen molar-refractivity contribution < 1.29 is 14.4 Å². The molecule has 0 fully saturated rings. The van der Waals surface area contributed by atoms with E-state index in [9.17, 15) is 4.57 Å². The molecule has 0 atom stereocenters. The first-order chi connectivity index (χ1) is 6.25. The second kappa shape index (κ2) is 4.65. The van der Waals surface area contributed by atoms with Gasteiger partial charge in [-0.25, -0.2) is 0 Å². The lowest BCUT2D eigenvalue weighted by Gasteiger charge is -2.10. The van der Waals surface area contributed by atoms with Gasteiger partial charge in [-0.05, 0) is 69.8 Å². The van der Waals surface area contributed by atoms with Crippen LogP contribution in [0.3, 0.4) is 0 Å². The highest BCUT2D eigenvalue weighted by atomic mass is 79.9. The molecule has 8 heteroatoms. The molecule has 0 aliphatic rings. The summed E-state index contributed by atoms with van der Waals surface area (Å²) in [5, 5.41) is -0.0561. The predicted octanol–water partition coefficient (Wildman–Crippen LogP) is 3.54. The van der Waals surface area contributed by atoms with Gasteiger partial charge in [-0.15, -0.1) is 0 Å². The third-order valence-electron chi connectivity index (χ3n) is 1.40. The van der Waals surface area contributed by atoms with E-state index < -0.39 is 7.60 Å². The molecule has 0 unspecified atom stereocenters. The lowest BCUT2D eigenvalue weighted by atomic mass is 10.4. The second-order valence-electron chi connectivity index (χ2n) is 2.36. The Bertz CT molecular complexity index is 428. The van der Waals surface area contributed by atoms with Gasteiger partial charge in [-0.2, -0.15) is 0 Å². The molecule has 0 aromatic heterocycles. The third kappa shape index (κ3) is 2.70. The van der Waals surface area contributed by atoms with Crippen LogP contribution in [0.25, 0.3) is 0 Å². The largest absolute Gasteiger partial charge is 0.357 e. The van der Waals surface area contributed by atoms with Crippen LogP contribution in [0.2, 0.25) is 0 Å². The standard InChI is InChI=1S/C6H3Br4O3P/c7-2-1-3(14(11,12)13)5(9)6(10)4(2)8/h1H,(H2,11,12,13). The molecule has 3 nitrogen and oxygen atoms in total. The predicted molar refractivity (Wildman–Crippen MR) is 68.9 cm³/mol. The molecule has 0 heterocycles. The van der Waals surface area contributed by atoms with Crippen molar-refractivity contribution in [1.82, 2.24) is 0 Å². The summed E-state index contributed by atoms with van der Waals surface area (Å²) < 4.78 is 13.3. The van der Waals surface area contributed by atoms with Crippen LogP contribution in [0.4, 0.5) is 0 Å². The van der Waals surface area contributed by atoms with Gasteiger partial charge in [0.15, 0.2) is 0 Å². The maximum atomic E-state index is 11.1. The van der Waals surface area contributed by atoms with E-state index in [1.807, 2.05) is 0 Å². The monoisotopic (exact) mass is 470 g/mol. The number of hydrogen-bond donors (Lipinski definition) is 2. The van der Waals surface area contributed by atoms with E-state index in [1.54, 1.807) is 0 Å². The molecule has 0 aliphatic carbocycles. The summed E-state index contributed by atoms with van der Waals surface area (Å²) in [5.74, 6) is 0. The van der Waals surface area contributed by atoms with Crippen molar-refractivity contribution in [2.24, 2.45) is 0 Å². The molecule has 14 heavy (non-hydrogen) atoms. The highest BCUT2D eigenvalue weighted by Crippen LogP contribution is 2.43. The fraction of sp³-hybridized carbons (Fsp3) is 0. The van der Waals surface area contributed by atoms with E-state index >= 15 is 0 Å². The van der Waals surface area contributed by atoms with Crippen LogP contribution >= 0.6 is 71.3 Å². The summed E-state index contributed by atoms with van der Waals surface area (Å²) in [7, 11) is -4.26. The van der Waals surface area contributed by atoms with Crippen LogP contribution in [-0.2, 0) is 4.57 Å². The van der Waals surface area contributed by atoms with Crippen molar-refractivity contribution in [2.75, 3.05) is 0 Å². The molecule has 0 spiro atoms. The Labute approximate surface area is 114 Å². The molecule has 1 rings (SSSR count). The highest BCUT2D eigenvalue weighted by Gasteiger charge is 2.24. The fourth-order valence-corrected chi connectivity index (χ4v) is 4.47. The maximum Gasteiger partial charge on any atom is 0.357 e. The molecule has 0 aliphatic heterocycles. The minimum atomic E-state index is -4.26. The Morgan fingerprint density at radius 3 is 1.93 bits per heavy atom. The zero-order chi connectivity index (χ0) is 11.1. The lowest BCUT2D eigenvalue weighted by Crippen LogP contribution is -2.07. The minimum absolute atomic E-state index is 0.0561. The molecule has 0 saturated heterocycles. The molecular formula is C6H3Br4O3P. The summed E-state index contributed by atoms with van der Waals surface area (Å²) in [5.41, 5.74) is 0. The maximum absolute atomic E-state index is 11.1. The second-order valence-corrected chi connectivity index (χ2v) is 7.17. The average molecular weight is 474 g/mol. The Hall–Kier alpha value is 1.29. The highest BCUT2D eigenvalue weighted by molar-refractivity contribution is 9.15. The average Bonchev–Trinajstić information content (AvgIpc) is 2.06. The van der Waals surface area contributed by atoms with E-state index in [0.29, 0.717) is 17.9 Å². The molecule has 0 radical (unpaired) electrons. The van der Waals surface area contributed by atoms with E-state index in [-0.39, 0.29) is 5.30 Å². The van der Waals surface area contributed by atoms with Gasteiger partial charge in [0, 0.05) is 17.9 Å². The molecule has 78 valence electrons. The van der Waals surface area contributed by atoms with Gasteiger partial charge < -0.3 is 9.79 Å². The summed E-state index contributed by atoms with van der Waals surface area (Å²) in [6.45, 7) is 0. The van der Waals surface area contributed by atoms with Gasteiger partial charge >= 0.3 is 7.60 Å². The summed E-state index contributed by atoms with van der Waals surface area (Å²) in [6, 6.07) is 1.37. The molecule has 0 bridgehead atoms. The van der Waals surface area contributed by atoms with Crippen molar-refractivity contribution in [3.63, 3.8) is 0 Å². The van der Waals surface area contributed by atoms with Gasteiger partial charge in [0.1, 0.15) is 0 Å².